The lowest BCUT2D eigenvalue weighted by Crippen LogP contribution is -2.15. The van der Waals surface area contributed by atoms with E-state index in [1.54, 1.807) is 0 Å². The van der Waals surface area contributed by atoms with Crippen LogP contribution in [0.15, 0.2) is 22.8 Å². The molecular formula is C13H11BrN2O4. The van der Waals surface area contributed by atoms with E-state index in [4.69, 9.17) is 9.47 Å². The first kappa shape index (κ1) is 13.0. The largest absolute Gasteiger partial charge is 0.486 e. The van der Waals surface area contributed by atoms with Crippen molar-refractivity contribution in [3.8, 4) is 22.9 Å². The number of fused-ring (bicyclic) bond motifs is 1. The van der Waals surface area contributed by atoms with Crippen LogP contribution in [0.25, 0.3) is 11.4 Å². The molecule has 0 bridgehead atoms. The average Bonchev–Trinajstić information content (AvgIpc) is 2.96. The minimum absolute atomic E-state index is 0.300. The normalized spacial score (nSPS) is 13.1. The zero-order chi connectivity index (χ0) is 14.1. The van der Waals surface area contributed by atoms with Gasteiger partial charge < -0.3 is 19.2 Å². The molecule has 1 N–H and O–H groups in total. The molecule has 0 saturated carbocycles. The van der Waals surface area contributed by atoms with Gasteiger partial charge in [-0.15, -0.1) is 0 Å². The summed E-state index contributed by atoms with van der Waals surface area (Å²) in [6, 6.07) is 3.67. The van der Waals surface area contributed by atoms with Gasteiger partial charge in [0.25, 0.3) is 0 Å². The van der Waals surface area contributed by atoms with Gasteiger partial charge in [-0.2, -0.15) is 0 Å². The molecule has 0 saturated heterocycles. The third-order valence-corrected chi connectivity index (χ3v) is 3.44. The van der Waals surface area contributed by atoms with Crippen molar-refractivity contribution < 1.29 is 19.0 Å². The van der Waals surface area contributed by atoms with E-state index in [0.717, 1.165) is 10.0 Å². The van der Waals surface area contributed by atoms with Crippen LogP contribution in [-0.4, -0.2) is 36.3 Å². The second-order valence-corrected chi connectivity index (χ2v) is 4.97. The molecule has 0 amide bonds. The van der Waals surface area contributed by atoms with Crippen LogP contribution in [-0.2, 0) is 4.74 Å². The molecule has 0 aliphatic carbocycles. The highest BCUT2D eigenvalue weighted by molar-refractivity contribution is 9.10. The van der Waals surface area contributed by atoms with Crippen molar-refractivity contribution in [3.05, 3.63) is 28.5 Å². The number of nitrogens with zero attached hydrogens (tertiary/aromatic N) is 1. The van der Waals surface area contributed by atoms with E-state index < -0.39 is 5.97 Å². The third-order valence-electron chi connectivity index (χ3n) is 2.85. The van der Waals surface area contributed by atoms with E-state index >= 15 is 0 Å². The number of halogens is 1. The van der Waals surface area contributed by atoms with Crippen molar-refractivity contribution in [2.75, 3.05) is 20.3 Å². The van der Waals surface area contributed by atoms with Crippen LogP contribution in [0.3, 0.4) is 0 Å². The standard InChI is InChI=1S/C13H11BrN2O4/c1-18-13(17)9-6-15-12(16-9)7-4-8(14)11-10(5-7)19-2-3-20-11/h4-6H,2-3H2,1H3,(H,15,16). The molecule has 3 rings (SSSR count). The number of rotatable bonds is 2. The molecule has 2 heterocycles. The van der Waals surface area contributed by atoms with Crippen LogP contribution in [0.4, 0.5) is 0 Å². The molecule has 0 fully saturated rings. The second kappa shape index (κ2) is 5.16. The van der Waals surface area contributed by atoms with Crippen LogP contribution >= 0.6 is 15.9 Å². The third kappa shape index (κ3) is 2.24. The molecule has 104 valence electrons. The molecule has 0 spiro atoms. The Hall–Kier alpha value is -2.02. The van der Waals surface area contributed by atoms with Crippen LogP contribution in [0.2, 0.25) is 0 Å². The molecule has 0 unspecified atom stereocenters. The van der Waals surface area contributed by atoms with E-state index in [0.29, 0.717) is 36.2 Å². The number of H-pyrrole nitrogens is 1. The highest BCUT2D eigenvalue weighted by Crippen LogP contribution is 2.40. The Bertz CT molecular complexity index is 668. The average molecular weight is 339 g/mol. The molecule has 0 atom stereocenters. The first-order valence-electron chi connectivity index (χ1n) is 5.92. The number of carbonyl (C=O) groups is 1. The predicted molar refractivity (Wildman–Crippen MR) is 74.1 cm³/mol. The lowest BCUT2D eigenvalue weighted by Gasteiger charge is -2.20. The van der Waals surface area contributed by atoms with Crippen LogP contribution in [0.5, 0.6) is 11.5 Å². The number of benzene rings is 1. The molecule has 0 radical (unpaired) electrons. The summed E-state index contributed by atoms with van der Waals surface area (Å²) >= 11 is 3.44. The second-order valence-electron chi connectivity index (χ2n) is 4.12. The summed E-state index contributed by atoms with van der Waals surface area (Å²) in [5, 5.41) is 0. The molecule has 20 heavy (non-hydrogen) atoms. The molecule has 1 aliphatic heterocycles. The van der Waals surface area contributed by atoms with Crippen molar-refractivity contribution >= 4 is 21.9 Å². The number of carbonyl (C=O) groups excluding carboxylic acids is 1. The lowest BCUT2D eigenvalue weighted by molar-refractivity contribution is 0.0595. The summed E-state index contributed by atoms with van der Waals surface area (Å²) in [4.78, 5) is 18.5. The van der Waals surface area contributed by atoms with Crippen LogP contribution in [0, 0.1) is 0 Å². The van der Waals surface area contributed by atoms with Gasteiger partial charge in [-0.05, 0) is 28.1 Å². The van der Waals surface area contributed by atoms with Gasteiger partial charge in [0, 0.05) is 5.56 Å². The van der Waals surface area contributed by atoms with E-state index in [2.05, 4.69) is 30.6 Å². The Morgan fingerprint density at radius 3 is 3.00 bits per heavy atom. The molecule has 7 heteroatoms. The maximum atomic E-state index is 11.4. The van der Waals surface area contributed by atoms with Gasteiger partial charge in [0.2, 0.25) is 0 Å². The molecular weight excluding hydrogens is 328 g/mol. The van der Waals surface area contributed by atoms with Gasteiger partial charge in [0.05, 0.1) is 17.8 Å². The Morgan fingerprint density at radius 2 is 2.20 bits per heavy atom. The molecule has 2 aromatic rings. The van der Waals surface area contributed by atoms with E-state index in [1.807, 2.05) is 12.1 Å². The number of aromatic nitrogens is 2. The van der Waals surface area contributed by atoms with Gasteiger partial charge in [-0.3, -0.25) is 0 Å². The van der Waals surface area contributed by atoms with Gasteiger partial charge in [0.1, 0.15) is 24.7 Å². The predicted octanol–water partition coefficient (Wildman–Crippen LogP) is 2.40. The number of esters is 1. The van der Waals surface area contributed by atoms with E-state index in [9.17, 15) is 4.79 Å². The number of ether oxygens (including phenoxy) is 3. The summed E-state index contributed by atoms with van der Waals surface area (Å²) in [5.41, 5.74) is 1.09. The highest BCUT2D eigenvalue weighted by Gasteiger charge is 2.18. The number of hydrogen-bond acceptors (Lipinski definition) is 5. The van der Waals surface area contributed by atoms with E-state index in [-0.39, 0.29) is 0 Å². The summed E-state index contributed by atoms with van der Waals surface area (Å²) < 4.78 is 16.5. The number of nitrogens with one attached hydrogen (secondary N) is 1. The monoisotopic (exact) mass is 338 g/mol. The van der Waals surface area contributed by atoms with Gasteiger partial charge in [-0.25, -0.2) is 9.78 Å². The van der Waals surface area contributed by atoms with Crippen molar-refractivity contribution in [2.24, 2.45) is 0 Å². The van der Waals surface area contributed by atoms with Gasteiger partial charge >= 0.3 is 5.97 Å². The van der Waals surface area contributed by atoms with Crippen LogP contribution < -0.4 is 9.47 Å². The lowest BCUT2D eigenvalue weighted by atomic mass is 10.2. The first-order chi connectivity index (χ1) is 9.69. The number of aromatic amines is 1. The maximum absolute atomic E-state index is 11.4. The number of methoxy groups -OCH3 is 1. The van der Waals surface area contributed by atoms with Gasteiger partial charge in [-0.1, -0.05) is 0 Å². The highest BCUT2D eigenvalue weighted by atomic mass is 79.9. The van der Waals surface area contributed by atoms with Crippen molar-refractivity contribution in [1.82, 2.24) is 9.97 Å². The molecule has 1 aromatic carbocycles. The Labute approximate surface area is 123 Å². The zero-order valence-electron chi connectivity index (χ0n) is 10.6. The SMILES string of the molecule is COC(=O)c1cnc(-c2cc(Br)c3c(c2)OCCO3)[nH]1. The minimum atomic E-state index is -0.458. The van der Waals surface area contributed by atoms with Crippen molar-refractivity contribution in [2.45, 2.75) is 0 Å². The van der Waals surface area contributed by atoms with Crippen molar-refractivity contribution in [3.63, 3.8) is 0 Å². The zero-order valence-corrected chi connectivity index (χ0v) is 12.2. The number of hydrogen-bond donors (Lipinski definition) is 1. The summed E-state index contributed by atoms with van der Waals surface area (Å²) in [6.45, 7) is 1.03. The van der Waals surface area contributed by atoms with E-state index in [1.165, 1.54) is 13.3 Å². The topological polar surface area (TPSA) is 73.4 Å². The Balaban J connectivity index is 2.00. The van der Waals surface area contributed by atoms with Crippen molar-refractivity contribution in [1.29, 1.82) is 0 Å². The summed E-state index contributed by atoms with van der Waals surface area (Å²) in [7, 11) is 1.32. The Morgan fingerprint density at radius 1 is 1.40 bits per heavy atom. The quantitative estimate of drug-likeness (QED) is 0.851. The van der Waals surface area contributed by atoms with Gasteiger partial charge in [0.15, 0.2) is 11.5 Å². The smallest absolute Gasteiger partial charge is 0.356 e. The fourth-order valence-electron chi connectivity index (χ4n) is 1.93. The summed E-state index contributed by atoms with van der Waals surface area (Å²) in [6.07, 6.45) is 1.44. The molecule has 6 nitrogen and oxygen atoms in total. The van der Waals surface area contributed by atoms with Crippen LogP contribution in [0.1, 0.15) is 10.5 Å². The fraction of sp³-hybridized carbons (Fsp3) is 0.231. The Kier molecular flexibility index (Phi) is 3.35. The maximum Gasteiger partial charge on any atom is 0.356 e. The fourth-order valence-corrected chi connectivity index (χ4v) is 2.49. The minimum Gasteiger partial charge on any atom is -0.486 e. The first-order valence-corrected chi connectivity index (χ1v) is 6.71. The molecule has 1 aliphatic rings. The summed E-state index contributed by atoms with van der Waals surface area (Å²) in [5.74, 6) is 1.43. The number of imidazole rings is 1. The molecule has 1 aromatic heterocycles.